The number of rotatable bonds is 3. The summed E-state index contributed by atoms with van der Waals surface area (Å²) in [5, 5.41) is -2.24. The molecule has 0 heterocycles. The normalized spacial score (nSPS) is 26.2. The van der Waals surface area contributed by atoms with E-state index < -0.39 is 17.3 Å². The van der Waals surface area contributed by atoms with Crippen LogP contribution in [-0.4, -0.2) is 17.7 Å². The van der Waals surface area contributed by atoms with Crippen molar-refractivity contribution in [3.05, 3.63) is 54.1 Å². The maximum absolute atomic E-state index is 12.3. The zero-order chi connectivity index (χ0) is 14.8. The van der Waals surface area contributed by atoms with E-state index in [4.69, 9.17) is 11.6 Å². The van der Waals surface area contributed by atoms with Gasteiger partial charge in [0.05, 0.1) is 5.92 Å². The molecule has 0 radical (unpaired) electrons. The molecule has 1 aromatic rings. The Morgan fingerprint density at radius 2 is 1.90 bits per heavy atom. The van der Waals surface area contributed by atoms with E-state index in [2.05, 4.69) is 4.74 Å². The molecule has 2 atom stereocenters. The number of alkyl halides is 4. The lowest BCUT2D eigenvalue weighted by Crippen LogP contribution is -2.39. The molecule has 20 heavy (non-hydrogen) atoms. The standard InChI is InChI=1S/C14H10ClF3O2/c15-13(20-14(16,17)18)7-6-11(8-12(13)9-19)10-4-2-1-3-5-10/h1-9,12H. The maximum Gasteiger partial charge on any atom is 0.524 e. The Morgan fingerprint density at radius 3 is 2.45 bits per heavy atom. The predicted molar refractivity (Wildman–Crippen MR) is 68.8 cm³/mol. The fourth-order valence-corrected chi connectivity index (χ4v) is 2.18. The quantitative estimate of drug-likeness (QED) is 0.625. The van der Waals surface area contributed by atoms with E-state index in [0.717, 1.165) is 11.6 Å². The molecule has 2 rings (SSSR count). The SMILES string of the molecule is O=CC1C=C(c2ccccc2)C=CC1(Cl)OC(F)(F)F. The molecule has 1 aromatic carbocycles. The minimum absolute atomic E-state index is 0.338. The molecule has 0 aliphatic heterocycles. The Balaban J connectivity index is 2.31. The average Bonchev–Trinajstić information content (AvgIpc) is 2.38. The van der Waals surface area contributed by atoms with E-state index in [1.54, 1.807) is 24.3 Å². The summed E-state index contributed by atoms with van der Waals surface area (Å²) in [7, 11) is 0. The van der Waals surface area contributed by atoms with Crippen LogP contribution < -0.4 is 0 Å². The lowest BCUT2D eigenvalue weighted by atomic mass is 9.90. The highest BCUT2D eigenvalue weighted by Gasteiger charge is 2.46. The van der Waals surface area contributed by atoms with Gasteiger partial charge in [0.15, 0.2) is 5.06 Å². The van der Waals surface area contributed by atoms with Crippen molar-refractivity contribution in [3.8, 4) is 0 Å². The molecule has 0 spiro atoms. The summed E-state index contributed by atoms with van der Waals surface area (Å²) in [5.74, 6) is -1.23. The number of hydrogen-bond acceptors (Lipinski definition) is 2. The van der Waals surface area contributed by atoms with Crippen molar-refractivity contribution in [2.75, 3.05) is 0 Å². The zero-order valence-corrected chi connectivity index (χ0v) is 10.9. The monoisotopic (exact) mass is 302 g/mol. The Morgan fingerprint density at radius 1 is 1.25 bits per heavy atom. The van der Waals surface area contributed by atoms with Crippen LogP contribution in [0.25, 0.3) is 5.57 Å². The average molecular weight is 303 g/mol. The highest BCUT2D eigenvalue weighted by molar-refractivity contribution is 6.26. The van der Waals surface area contributed by atoms with Gasteiger partial charge in [-0.15, -0.1) is 13.2 Å². The number of carbonyl (C=O) groups excluding carboxylic acids is 1. The third kappa shape index (κ3) is 3.29. The molecule has 1 aliphatic carbocycles. The minimum Gasteiger partial charge on any atom is -0.303 e. The smallest absolute Gasteiger partial charge is 0.303 e. The molecular formula is C14H10ClF3O2. The van der Waals surface area contributed by atoms with E-state index in [0.29, 0.717) is 11.9 Å². The van der Waals surface area contributed by atoms with Crippen molar-refractivity contribution in [3.63, 3.8) is 0 Å². The fourth-order valence-electron chi connectivity index (χ4n) is 1.91. The van der Waals surface area contributed by atoms with Crippen molar-refractivity contribution >= 4 is 23.5 Å². The Kier molecular flexibility index (Phi) is 4.01. The van der Waals surface area contributed by atoms with Crippen LogP contribution >= 0.6 is 11.6 Å². The summed E-state index contributed by atoms with van der Waals surface area (Å²) in [5.41, 5.74) is 1.39. The van der Waals surface area contributed by atoms with Gasteiger partial charge in [0.1, 0.15) is 6.29 Å². The van der Waals surface area contributed by atoms with Crippen LogP contribution in [0.3, 0.4) is 0 Å². The van der Waals surface area contributed by atoms with Gasteiger partial charge in [0, 0.05) is 0 Å². The third-order valence-corrected chi connectivity index (χ3v) is 3.28. The van der Waals surface area contributed by atoms with E-state index in [9.17, 15) is 18.0 Å². The van der Waals surface area contributed by atoms with Gasteiger partial charge < -0.3 is 4.79 Å². The number of aldehydes is 1. The fraction of sp³-hybridized carbons (Fsp3) is 0.214. The summed E-state index contributed by atoms with van der Waals surface area (Å²) in [6, 6.07) is 8.95. The molecule has 0 fully saturated rings. The third-order valence-electron chi connectivity index (χ3n) is 2.83. The molecule has 2 unspecified atom stereocenters. The molecule has 0 saturated carbocycles. The number of carbonyl (C=O) groups is 1. The first-order valence-electron chi connectivity index (χ1n) is 5.72. The highest BCUT2D eigenvalue weighted by atomic mass is 35.5. The summed E-state index contributed by atoms with van der Waals surface area (Å²) in [4.78, 5) is 11.0. The summed E-state index contributed by atoms with van der Waals surface area (Å²) >= 11 is 5.77. The van der Waals surface area contributed by atoms with Crippen LogP contribution in [0.1, 0.15) is 5.56 Å². The highest BCUT2D eigenvalue weighted by Crippen LogP contribution is 2.40. The Labute approximate surface area is 118 Å². The molecule has 106 valence electrons. The van der Waals surface area contributed by atoms with Gasteiger partial charge in [-0.2, -0.15) is 0 Å². The molecule has 0 aromatic heterocycles. The molecule has 0 saturated heterocycles. The molecule has 6 heteroatoms. The van der Waals surface area contributed by atoms with Gasteiger partial charge >= 0.3 is 6.36 Å². The summed E-state index contributed by atoms with van der Waals surface area (Å²) in [6.45, 7) is 0. The van der Waals surface area contributed by atoms with Gasteiger partial charge in [0.25, 0.3) is 0 Å². The molecule has 1 aliphatic rings. The lowest BCUT2D eigenvalue weighted by Gasteiger charge is -2.31. The first kappa shape index (κ1) is 14.8. The van der Waals surface area contributed by atoms with Crippen LogP contribution in [0.4, 0.5) is 13.2 Å². The molecule has 0 N–H and O–H groups in total. The van der Waals surface area contributed by atoms with E-state index in [1.165, 1.54) is 12.2 Å². The Bertz CT molecular complexity index is 551. The van der Waals surface area contributed by atoms with E-state index in [-0.39, 0.29) is 0 Å². The summed E-state index contributed by atoms with van der Waals surface area (Å²) in [6.07, 6.45) is -0.769. The number of benzene rings is 1. The van der Waals surface area contributed by atoms with Gasteiger partial charge in [0.2, 0.25) is 0 Å². The second-order valence-corrected chi connectivity index (χ2v) is 4.82. The van der Waals surface area contributed by atoms with Gasteiger partial charge in [-0.3, -0.25) is 4.74 Å². The lowest BCUT2D eigenvalue weighted by molar-refractivity contribution is -0.347. The minimum atomic E-state index is -4.93. The molecular weight excluding hydrogens is 293 g/mol. The number of ether oxygens (including phenoxy) is 1. The van der Waals surface area contributed by atoms with Crippen molar-refractivity contribution in [2.45, 2.75) is 11.4 Å². The summed E-state index contributed by atoms with van der Waals surface area (Å²) < 4.78 is 40.9. The van der Waals surface area contributed by atoms with Gasteiger partial charge in [-0.25, -0.2) is 0 Å². The van der Waals surface area contributed by atoms with Crippen LogP contribution in [-0.2, 0) is 9.53 Å². The van der Waals surface area contributed by atoms with E-state index in [1.807, 2.05) is 6.07 Å². The van der Waals surface area contributed by atoms with Gasteiger partial charge in [-0.05, 0) is 17.2 Å². The van der Waals surface area contributed by atoms with Crippen LogP contribution in [0, 0.1) is 5.92 Å². The van der Waals surface area contributed by atoms with Crippen molar-refractivity contribution in [1.82, 2.24) is 0 Å². The number of hydrogen-bond donors (Lipinski definition) is 0. The van der Waals surface area contributed by atoms with Crippen LogP contribution in [0.15, 0.2) is 48.6 Å². The predicted octanol–water partition coefficient (Wildman–Crippen LogP) is 3.93. The molecule has 0 amide bonds. The Hall–Kier alpha value is -1.59. The van der Waals surface area contributed by atoms with Crippen molar-refractivity contribution < 1.29 is 22.7 Å². The zero-order valence-electron chi connectivity index (χ0n) is 10.1. The van der Waals surface area contributed by atoms with Crippen molar-refractivity contribution in [2.24, 2.45) is 5.92 Å². The molecule has 2 nitrogen and oxygen atoms in total. The first-order valence-corrected chi connectivity index (χ1v) is 6.09. The number of halogens is 4. The van der Waals surface area contributed by atoms with Crippen molar-refractivity contribution in [1.29, 1.82) is 0 Å². The van der Waals surface area contributed by atoms with Crippen LogP contribution in [0.2, 0.25) is 0 Å². The van der Waals surface area contributed by atoms with Gasteiger partial charge in [-0.1, -0.05) is 54.1 Å². The second kappa shape index (κ2) is 5.42. The molecule has 0 bridgehead atoms. The topological polar surface area (TPSA) is 26.3 Å². The van der Waals surface area contributed by atoms with E-state index >= 15 is 0 Å². The first-order chi connectivity index (χ1) is 9.34. The van der Waals surface area contributed by atoms with Crippen LogP contribution in [0.5, 0.6) is 0 Å². The largest absolute Gasteiger partial charge is 0.524 e. The second-order valence-electron chi connectivity index (χ2n) is 4.23. The maximum atomic E-state index is 12.3. The number of allylic oxidation sites excluding steroid dienone is 2.